The summed E-state index contributed by atoms with van der Waals surface area (Å²) < 4.78 is 7.10. The molecule has 25 heavy (non-hydrogen) atoms. The summed E-state index contributed by atoms with van der Waals surface area (Å²) in [5.74, 6) is 1.34. The molecule has 0 spiro atoms. The van der Waals surface area contributed by atoms with E-state index < -0.39 is 0 Å². The van der Waals surface area contributed by atoms with Gasteiger partial charge in [-0.2, -0.15) is 4.52 Å². The van der Waals surface area contributed by atoms with Gasteiger partial charge in [-0.1, -0.05) is 13.8 Å². The number of piperidine rings is 1. The van der Waals surface area contributed by atoms with Crippen molar-refractivity contribution in [1.29, 1.82) is 0 Å². The van der Waals surface area contributed by atoms with E-state index >= 15 is 0 Å². The van der Waals surface area contributed by atoms with Gasteiger partial charge in [-0.15, -0.1) is 15.3 Å². The Balaban J connectivity index is 1.36. The van der Waals surface area contributed by atoms with Crippen molar-refractivity contribution in [3.8, 4) is 5.88 Å². The molecule has 9 nitrogen and oxygen atoms in total. The summed E-state index contributed by atoms with van der Waals surface area (Å²) in [5.41, 5.74) is 7.40. The van der Waals surface area contributed by atoms with Crippen molar-refractivity contribution in [2.45, 2.75) is 32.4 Å². The van der Waals surface area contributed by atoms with E-state index in [0.717, 1.165) is 19.5 Å². The number of amides is 1. The summed E-state index contributed by atoms with van der Waals surface area (Å²) in [4.78, 5) is 14.5. The Hall–Kier alpha value is -2.26. The van der Waals surface area contributed by atoms with E-state index in [1.807, 2.05) is 4.90 Å². The van der Waals surface area contributed by atoms with E-state index in [0.29, 0.717) is 35.4 Å². The summed E-state index contributed by atoms with van der Waals surface area (Å²) >= 11 is 0. The number of hydrogen-bond donors (Lipinski definition) is 2. The first-order valence-electron chi connectivity index (χ1n) is 8.70. The third-order valence-corrected chi connectivity index (χ3v) is 5.11. The third kappa shape index (κ3) is 3.16. The van der Waals surface area contributed by atoms with Crippen molar-refractivity contribution >= 4 is 11.6 Å². The van der Waals surface area contributed by atoms with Gasteiger partial charge in [-0.3, -0.25) is 15.6 Å². The minimum atomic E-state index is -0.00871. The van der Waals surface area contributed by atoms with Crippen LogP contribution in [0.5, 0.6) is 5.88 Å². The lowest BCUT2D eigenvalue weighted by Crippen LogP contribution is -2.50. The van der Waals surface area contributed by atoms with Crippen molar-refractivity contribution in [3.63, 3.8) is 0 Å². The first kappa shape index (κ1) is 16.2. The second-order valence-corrected chi connectivity index (χ2v) is 7.05. The molecule has 0 saturated carbocycles. The second kappa shape index (κ2) is 6.57. The molecular formula is C16H23N7O2. The van der Waals surface area contributed by atoms with Crippen molar-refractivity contribution in [1.82, 2.24) is 35.6 Å². The van der Waals surface area contributed by atoms with Crippen LogP contribution in [0.2, 0.25) is 0 Å². The van der Waals surface area contributed by atoms with Crippen LogP contribution in [-0.2, 0) is 4.79 Å². The van der Waals surface area contributed by atoms with Gasteiger partial charge in [-0.05, 0) is 18.4 Å². The first-order chi connectivity index (χ1) is 12.1. The monoisotopic (exact) mass is 345 g/mol. The Bertz CT molecular complexity index is 762. The fraction of sp³-hybridized carbons (Fsp3) is 0.625. The van der Waals surface area contributed by atoms with E-state index in [1.54, 1.807) is 12.1 Å². The number of hydrogen-bond acceptors (Lipinski definition) is 7. The van der Waals surface area contributed by atoms with Crippen LogP contribution in [0.3, 0.4) is 0 Å². The maximum atomic E-state index is 12.6. The zero-order chi connectivity index (χ0) is 17.4. The maximum Gasteiger partial charge on any atom is 0.260 e. The predicted octanol–water partition coefficient (Wildman–Crippen LogP) is -0.147. The normalized spacial score (nSPS) is 26.2. The van der Waals surface area contributed by atoms with E-state index in [9.17, 15) is 4.79 Å². The highest BCUT2D eigenvalue weighted by atomic mass is 16.5. The van der Waals surface area contributed by atoms with Crippen LogP contribution in [-0.4, -0.2) is 62.4 Å². The van der Waals surface area contributed by atoms with Crippen LogP contribution in [0.25, 0.3) is 5.65 Å². The molecular weight excluding hydrogens is 322 g/mol. The van der Waals surface area contributed by atoms with Gasteiger partial charge in [0.25, 0.3) is 5.91 Å². The molecule has 2 N–H and O–H groups in total. The number of carbonyl (C=O) groups excluding carboxylic acids is 1. The molecule has 0 radical (unpaired) electrons. The zero-order valence-corrected chi connectivity index (χ0v) is 14.4. The van der Waals surface area contributed by atoms with Crippen LogP contribution >= 0.6 is 0 Å². The number of fused-ring (bicyclic) bond motifs is 2. The van der Waals surface area contributed by atoms with Gasteiger partial charge in [0.05, 0.1) is 0 Å². The molecule has 0 bridgehead atoms. The Labute approximate surface area is 145 Å². The lowest BCUT2D eigenvalue weighted by atomic mass is 9.83. The largest absolute Gasteiger partial charge is 0.467 e. The lowest BCUT2D eigenvalue weighted by Gasteiger charge is -2.36. The summed E-state index contributed by atoms with van der Waals surface area (Å²) in [6.07, 6.45) is 2.46. The van der Waals surface area contributed by atoms with Gasteiger partial charge in [0, 0.05) is 37.2 Å². The number of aromatic nitrogens is 4. The van der Waals surface area contributed by atoms with Gasteiger partial charge in [0.2, 0.25) is 5.88 Å². The molecule has 4 rings (SSSR count). The molecule has 0 aromatic carbocycles. The Kier molecular flexibility index (Phi) is 4.26. The molecule has 2 fully saturated rings. The van der Waals surface area contributed by atoms with E-state index in [1.165, 1.54) is 10.8 Å². The molecule has 2 saturated heterocycles. The molecule has 2 aromatic rings. The second-order valence-electron chi connectivity index (χ2n) is 7.05. The molecule has 4 heterocycles. The summed E-state index contributed by atoms with van der Waals surface area (Å²) in [5, 5.41) is 11.9. The number of hydrazine groups is 1. The average molecular weight is 345 g/mol. The zero-order valence-electron chi connectivity index (χ0n) is 14.4. The lowest BCUT2D eigenvalue weighted by molar-refractivity contribution is -0.135. The van der Waals surface area contributed by atoms with E-state index in [2.05, 4.69) is 40.0 Å². The number of carbonyl (C=O) groups is 1. The van der Waals surface area contributed by atoms with Crippen molar-refractivity contribution in [3.05, 3.63) is 18.5 Å². The number of nitrogens with zero attached hydrogens (tertiary/aromatic N) is 5. The third-order valence-electron chi connectivity index (χ3n) is 5.11. The van der Waals surface area contributed by atoms with Crippen molar-refractivity contribution in [2.24, 2.45) is 11.8 Å². The molecule has 2 aromatic heterocycles. The molecule has 2 aliphatic rings. The fourth-order valence-corrected chi connectivity index (χ4v) is 3.74. The van der Waals surface area contributed by atoms with Crippen LogP contribution < -0.4 is 15.6 Å². The van der Waals surface area contributed by atoms with Gasteiger partial charge >= 0.3 is 0 Å². The number of ether oxygens (including phenoxy) is 1. The number of rotatable bonds is 4. The Morgan fingerprint density at radius 2 is 2.28 bits per heavy atom. The molecule has 9 heteroatoms. The SMILES string of the molecule is CC(C)C1NNC2CCN(C(=O)COc3ccc4nncn4n3)CC21. The highest BCUT2D eigenvalue weighted by molar-refractivity contribution is 5.77. The van der Waals surface area contributed by atoms with Gasteiger partial charge in [-0.25, -0.2) is 0 Å². The summed E-state index contributed by atoms with van der Waals surface area (Å²) in [6.45, 7) is 5.91. The van der Waals surface area contributed by atoms with Gasteiger partial charge in [0.15, 0.2) is 12.3 Å². The first-order valence-corrected chi connectivity index (χ1v) is 8.70. The van der Waals surface area contributed by atoms with E-state index in [4.69, 9.17) is 4.74 Å². The summed E-state index contributed by atoms with van der Waals surface area (Å²) in [6, 6.07) is 4.28. The van der Waals surface area contributed by atoms with Crippen LogP contribution in [0.4, 0.5) is 0 Å². The highest BCUT2D eigenvalue weighted by Crippen LogP contribution is 2.28. The molecule has 2 aliphatic heterocycles. The van der Waals surface area contributed by atoms with Crippen molar-refractivity contribution < 1.29 is 9.53 Å². The average Bonchev–Trinajstić information content (AvgIpc) is 3.24. The van der Waals surface area contributed by atoms with Crippen molar-refractivity contribution in [2.75, 3.05) is 19.7 Å². The number of likely N-dealkylation sites (tertiary alicyclic amines) is 1. The fourth-order valence-electron chi connectivity index (χ4n) is 3.74. The topological polar surface area (TPSA) is 96.7 Å². The Morgan fingerprint density at radius 1 is 1.40 bits per heavy atom. The van der Waals surface area contributed by atoms with Crippen LogP contribution in [0.1, 0.15) is 20.3 Å². The molecule has 134 valence electrons. The number of nitrogens with one attached hydrogen (secondary N) is 2. The predicted molar refractivity (Wildman–Crippen MR) is 89.6 cm³/mol. The molecule has 3 unspecified atom stereocenters. The minimum Gasteiger partial charge on any atom is -0.467 e. The quantitative estimate of drug-likeness (QED) is 0.795. The highest BCUT2D eigenvalue weighted by Gasteiger charge is 2.41. The smallest absolute Gasteiger partial charge is 0.260 e. The molecule has 0 aliphatic carbocycles. The standard InChI is InChI=1S/C16H23N7O2/c1-10(2)16-11-7-22(6-5-12(11)18-20-16)15(24)8-25-14-4-3-13-19-17-9-23(13)21-14/h3-4,9-12,16,18,20H,5-8H2,1-2H3. The van der Waals surface area contributed by atoms with Gasteiger partial charge in [0.1, 0.15) is 6.33 Å². The van der Waals surface area contributed by atoms with Crippen LogP contribution in [0, 0.1) is 11.8 Å². The molecule has 3 atom stereocenters. The minimum absolute atomic E-state index is 0.00138. The summed E-state index contributed by atoms with van der Waals surface area (Å²) in [7, 11) is 0. The van der Waals surface area contributed by atoms with Gasteiger partial charge < -0.3 is 9.64 Å². The molecule has 1 amide bonds. The van der Waals surface area contributed by atoms with E-state index in [-0.39, 0.29) is 12.5 Å². The Morgan fingerprint density at radius 3 is 3.12 bits per heavy atom. The van der Waals surface area contributed by atoms with Crippen LogP contribution in [0.15, 0.2) is 18.5 Å². The maximum absolute atomic E-state index is 12.6.